The van der Waals surface area contributed by atoms with Gasteiger partial charge in [0.25, 0.3) is 0 Å². The third-order valence-corrected chi connectivity index (χ3v) is 5.30. The van der Waals surface area contributed by atoms with E-state index in [1.54, 1.807) is 0 Å². The lowest BCUT2D eigenvalue weighted by Crippen LogP contribution is -2.32. The Morgan fingerprint density at radius 1 is 1.14 bits per heavy atom. The molecule has 0 aromatic carbocycles. The molecule has 4 heterocycles. The number of carbonyl (C=O) groups excluding carboxylic acids is 1. The van der Waals surface area contributed by atoms with Gasteiger partial charge in [0.05, 0.1) is 18.2 Å². The summed E-state index contributed by atoms with van der Waals surface area (Å²) in [5, 5.41) is 14.5. The first-order chi connectivity index (χ1) is 13.6. The van der Waals surface area contributed by atoms with Gasteiger partial charge in [-0.25, -0.2) is 4.98 Å². The van der Waals surface area contributed by atoms with Crippen LogP contribution in [-0.2, 0) is 11.2 Å². The van der Waals surface area contributed by atoms with Crippen molar-refractivity contribution in [2.45, 2.75) is 32.7 Å². The Morgan fingerprint density at radius 3 is 2.71 bits per heavy atom. The van der Waals surface area contributed by atoms with Crippen LogP contribution in [0, 0.1) is 5.92 Å². The van der Waals surface area contributed by atoms with Crippen LogP contribution in [0.25, 0.3) is 10.8 Å². The predicted octanol–water partition coefficient (Wildman–Crippen LogP) is 3.42. The molecule has 0 saturated heterocycles. The Balaban J connectivity index is 1.50. The number of fused-ring (bicyclic) bond motifs is 1. The molecule has 0 spiro atoms. The number of thiazole rings is 1. The summed E-state index contributed by atoms with van der Waals surface area (Å²) >= 11 is 1.52. The minimum absolute atomic E-state index is 0.0670. The fourth-order valence-electron chi connectivity index (χ4n) is 3.17. The van der Waals surface area contributed by atoms with Gasteiger partial charge >= 0.3 is 0 Å². The van der Waals surface area contributed by atoms with Crippen LogP contribution < -0.4 is 5.32 Å². The molecule has 4 aromatic heterocycles. The Hall–Kier alpha value is -3.00. The zero-order valence-corrected chi connectivity index (χ0v) is 16.6. The first kappa shape index (κ1) is 18.4. The van der Waals surface area contributed by atoms with Crippen LogP contribution in [0.3, 0.4) is 0 Å². The Kier molecular flexibility index (Phi) is 5.21. The SMILES string of the molecule is CC(C)C[C@H](NC(=O)Cc1csc(-n2cccc2)n1)c1nnc2ccccn12. The van der Waals surface area contributed by atoms with Gasteiger partial charge in [-0.3, -0.25) is 9.20 Å². The fourth-order valence-corrected chi connectivity index (χ4v) is 3.96. The highest BCUT2D eigenvalue weighted by molar-refractivity contribution is 7.12. The van der Waals surface area contributed by atoms with Crippen LogP contribution >= 0.6 is 11.3 Å². The first-order valence-electron chi connectivity index (χ1n) is 9.27. The number of pyridine rings is 1. The molecule has 4 rings (SSSR count). The molecule has 0 aliphatic heterocycles. The zero-order valence-electron chi connectivity index (χ0n) is 15.8. The number of nitrogens with one attached hydrogen (secondary N) is 1. The summed E-state index contributed by atoms with van der Waals surface area (Å²) in [4.78, 5) is 17.3. The van der Waals surface area contributed by atoms with Gasteiger partial charge in [0.1, 0.15) is 0 Å². The van der Waals surface area contributed by atoms with Crippen LogP contribution in [0.1, 0.15) is 37.8 Å². The molecule has 4 aromatic rings. The number of hydrogen-bond donors (Lipinski definition) is 1. The van der Waals surface area contributed by atoms with Gasteiger partial charge in [0.15, 0.2) is 16.6 Å². The summed E-state index contributed by atoms with van der Waals surface area (Å²) < 4.78 is 3.87. The first-order valence-corrected chi connectivity index (χ1v) is 10.1. The average molecular weight is 395 g/mol. The molecule has 144 valence electrons. The maximum absolute atomic E-state index is 12.7. The molecule has 0 unspecified atom stereocenters. The number of rotatable bonds is 7. The van der Waals surface area contributed by atoms with E-state index in [9.17, 15) is 4.79 Å². The number of nitrogens with zero attached hydrogens (tertiary/aromatic N) is 5. The van der Waals surface area contributed by atoms with Gasteiger partial charge in [-0.05, 0) is 36.6 Å². The third kappa shape index (κ3) is 3.96. The monoisotopic (exact) mass is 394 g/mol. The van der Waals surface area contributed by atoms with Crippen molar-refractivity contribution >= 4 is 22.9 Å². The Labute approximate surface area is 167 Å². The van der Waals surface area contributed by atoms with Crippen molar-refractivity contribution in [2.24, 2.45) is 5.92 Å². The number of carbonyl (C=O) groups is 1. The van der Waals surface area contributed by atoms with E-state index < -0.39 is 0 Å². The summed E-state index contributed by atoms with van der Waals surface area (Å²) in [5.74, 6) is 1.09. The molecule has 0 saturated carbocycles. The topological polar surface area (TPSA) is 77.1 Å². The summed E-state index contributed by atoms with van der Waals surface area (Å²) in [6, 6.07) is 9.47. The molecule has 0 radical (unpaired) electrons. The molecule has 28 heavy (non-hydrogen) atoms. The number of aromatic nitrogens is 5. The molecular formula is C20H22N6OS. The summed E-state index contributed by atoms with van der Waals surface area (Å²) in [5.41, 5.74) is 1.54. The largest absolute Gasteiger partial charge is 0.346 e. The van der Waals surface area contributed by atoms with E-state index in [4.69, 9.17) is 0 Å². The van der Waals surface area contributed by atoms with Crippen molar-refractivity contribution in [1.82, 2.24) is 29.5 Å². The lowest BCUT2D eigenvalue weighted by molar-refractivity contribution is -0.121. The highest BCUT2D eigenvalue weighted by Gasteiger charge is 2.22. The molecule has 0 bridgehead atoms. The predicted molar refractivity (Wildman–Crippen MR) is 108 cm³/mol. The molecule has 0 fully saturated rings. The molecule has 1 amide bonds. The Morgan fingerprint density at radius 2 is 1.93 bits per heavy atom. The molecule has 1 N–H and O–H groups in total. The minimum Gasteiger partial charge on any atom is -0.346 e. The second kappa shape index (κ2) is 7.93. The zero-order chi connectivity index (χ0) is 19.5. The summed E-state index contributed by atoms with van der Waals surface area (Å²) in [6.07, 6.45) is 6.83. The highest BCUT2D eigenvalue weighted by Crippen LogP contribution is 2.21. The third-order valence-electron chi connectivity index (χ3n) is 4.40. The van der Waals surface area contributed by atoms with Crippen LogP contribution in [0.4, 0.5) is 0 Å². The van der Waals surface area contributed by atoms with Crippen molar-refractivity contribution in [1.29, 1.82) is 0 Å². The van der Waals surface area contributed by atoms with Crippen molar-refractivity contribution in [3.8, 4) is 5.13 Å². The van der Waals surface area contributed by atoms with Gasteiger partial charge in [-0.2, -0.15) is 0 Å². The van der Waals surface area contributed by atoms with Crippen molar-refractivity contribution in [3.05, 3.63) is 65.8 Å². The van der Waals surface area contributed by atoms with Gasteiger partial charge in [0.2, 0.25) is 5.91 Å². The summed E-state index contributed by atoms with van der Waals surface area (Å²) in [7, 11) is 0. The lowest BCUT2D eigenvalue weighted by atomic mass is 10.0. The van der Waals surface area contributed by atoms with E-state index in [2.05, 4.69) is 34.3 Å². The molecule has 0 aliphatic carbocycles. The number of hydrogen-bond acceptors (Lipinski definition) is 5. The van der Waals surface area contributed by atoms with E-state index >= 15 is 0 Å². The lowest BCUT2D eigenvalue weighted by Gasteiger charge is -2.19. The average Bonchev–Trinajstić information content (AvgIpc) is 3.41. The van der Waals surface area contributed by atoms with Gasteiger partial charge in [0, 0.05) is 24.0 Å². The van der Waals surface area contributed by atoms with E-state index in [1.807, 2.05) is 63.3 Å². The fraction of sp³-hybridized carbons (Fsp3) is 0.300. The van der Waals surface area contributed by atoms with Gasteiger partial charge < -0.3 is 9.88 Å². The maximum atomic E-state index is 12.7. The van der Waals surface area contributed by atoms with Crippen LogP contribution in [0.2, 0.25) is 0 Å². The van der Waals surface area contributed by atoms with E-state index in [-0.39, 0.29) is 18.4 Å². The van der Waals surface area contributed by atoms with E-state index in [0.29, 0.717) is 5.92 Å². The quantitative estimate of drug-likeness (QED) is 0.521. The van der Waals surface area contributed by atoms with Crippen molar-refractivity contribution < 1.29 is 4.79 Å². The van der Waals surface area contributed by atoms with E-state index in [1.165, 1.54) is 11.3 Å². The van der Waals surface area contributed by atoms with Gasteiger partial charge in [-0.1, -0.05) is 19.9 Å². The molecule has 1 atom stereocenters. The minimum atomic E-state index is -0.201. The second-order valence-electron chi connectivity index (χ2n) is 7.13. The highest BCUT2D eigenvalue weighted by atomic mass is 32.1. The van der Waals surface area contributed by atoms with Crippen molar-refractivity contribution in [3.63, 3.8) is 0 Å². The van der Waals surface area contributed by atoms with Crippen LogP contribution in [0.5, 0.6) is 0 Å². The van der Waals surface area contributed by atoms with Crippen LogP contribution in [0.15, 0.2) is 54.3 Å². The second-order valence-corrected chi connectivity index (χ2v) is 7.96. The molecule has 0 aliphatic rings. The Bertz CT molecular complexity index is 1070. The molecule has 8 heteroatoms. The summed E-state index contributed by atoms with van der Waals surface area (Å²) in [6.45, 7) is 4.26. The smallest absolute Gasteiger partial charge is 0.226 e. The maximum Gasteiger partial charge on any atom is 0.226 e. The normalized spacial score (nSPS) is 12.5. The standard InChI is InChI=1S/C20H22N6OS/c1-14(2)11-16(19-24-23-17-7-3-4-10-26(17)19)22-18(27)12-15-13-28-20(21-15)25-8-5-6-9-25/h3-10,13-14,16H,11-12H2,1-2H3,(H,22,27)/t16-/m0/s1. The van der Waals surface area contributed by atoms with Crippen molar-refractivity contribution in [2.75, 3.05) is 0 Å². The number of amides is 1. The molecular weight excluding hydrogens is 372 g/mol. The van der Waals surface area contributed by atoms with E-state index in [0.717, 1.165) is 28.7 Å². The van der Waals surface area contributed by atoms with Gasteiger partial charge in [-0.15, -0.1) is 21.5 Å². The van der Waals surface area contributed by atoms with Crippen LogP contribution in [-0.4, -0.2) is 30.1 Å². The molecule has 7 nitrogen and oxygen atoms in total.